The number of thiazole rings is 1. The number of aromatic nitrogens is 2. The normalized spacial score (nSPS) is 11.7. The van der Waals surface area contributed by atoms with Crippen molar-refractivity contribution >= 4 is 55.1 Å². The highest BCUT2D eigenvalue weighted by molar-refractivity contribution is 8.00. The molecule has 2 aromatic heterocycles. The second kappa shape index (κ2) is 5.65. The predicted octanol–water partition coefficient (Wildman–Crippen LogP) is 6.15. The van der Waals surface area contributed by atoms with Gasteiger partial charge in [-0.05, 0) is 24.3 Å². The van der Waals surface area contributed by atoms with Crippen molar-refractivity contribution in [1.29, 1.82) is 0 Å². The van der Waals surface area contributed by atoms with E-state index >= 15 is 0 Å². The van der Waals surface area contributed by atoms with Gasteiger partial charge in [0.1, 0.15) is 0 Å². The van der Waals surface area contributed by atoms with E-state index in [1.807, 2.05) is 6.07 Å². The van der Waals surface area contributed by atoms with Crippen LogP contribution < -0.4 is 0 Å². The molecule has 0 aliphatic heterocycles. The van der Waals surface area contributed by atoms with Crippen molar-refractivity contribution in [3.05, 3.63) is 72.8 Å². The molecule has 4 heteroatoms. The van der Waals surface area contributed by atoms with Crippen molar-refractivity contribution < 1.29 is 0 Å². The maximum atomic E-state index is 4.74. The van der Waals surface area contributed by atoms with E-state index in [4.69, 9.17) is 4.98 Å². The fourth-order valence-electron chi connectivity index (χ4n) is 3.17. The Balaban J connectivity index is 1.58. The van der Waals surface area contributed by atoms with Gasteiger partial charge in [-0.25, -0.2) is 4.98 Å². The average molecular weight is 346 g/mol. The van der Waals surface area contributed by atoms with E-state index in [2.05, 4.69) is 71.3 Å². The number of para-hydroxylation sites is 3. The molecule has 0 aliphatic carbocycles. The van der Waals surface area contributed by atoms with Crippen LogP contribution in [-0.4, -0.2) is 9.55 Å². The van der Waals surface area contributed by atoms with E-state index in [0.29, 0.717) is 0 Å². The monoisotopic (exact) mass is 346 g/mol. The number of rotatable bonds is 3. The van der Waals surface area contributed by atoms with E-state index in [1.54, 1.807) is 23.1 Å². The van der Waals surface area contributed by atoms with E-state index in [9.17, 15) is 0 Å². The van der Waals surface area contributed by atoms with Crippen LogP contribution >= 0.6 is 23.1 Å². The number of thioether (sulfide) groups is 1. The molecule has 5 aromatic rings. The fourth-order valence-corrected chi connectivity index (χ4v) is 5.22. The third-order valence-electron chi connectivity index (χ3n) is 4.27. The minimum absolute atomic E-state index is 0.869. The lowest BCUT2D eigenvalue weighted by Gasteiger charge is -2.05. The van der Waals surface area contributed by atoms with Crippen molar-refractivity contribution in [2.75, 3.05) is 0 Å². The highest BCUT2D eigenvalue weighted by Crippen LogP contribution is 2.34. The molecule has 0 aliphatic rings. The molecular formula is C20H14N2S2. The second-order valence-corrected chi connectivity index (χ2v) is 7.91. The van der Waals surface area contributed by atoms with Gasteiger partial charge in [-0.2, -0.15) is 0 Å². The molecule has 116 valence electrons. The molecule has 5 rings (SSSR count). The van der Waals surface area contributed by atoms with Gasteiger partial charge in [0.05, 0.1) is 16.1 Å². The van der Waals surface area contributed by atoms with Gasteiger partial charge in [-0.1, -0.05) is 60.3 Å². The summed E-state index contributed by atoms with van der Waals surface area (Å²) in [6.07, 6.45) is 0. The Hall–Kier alpha value is -2.30. The Labute approximate surface area is 147 Å². The summed E-state index contributed by atoms with van der Waals surface area (Å²) >= 11 is 3.57. The van der Waals surface area contributed by atoms with Crippen molar-refractivity contribution in [2.24, 2.45) is 0 Å². The van der Waals surface area contributed by atoms with E-state index < -0.39 is 0 Å². The Bertz CT molecular complexity index is 1080. The maximum absolute atomic E-state index is 4.74. The van der Waals surface area contributed by atoms with Crippen LogP contribution in [-0.2, 0) is 5.88 Å². The zero-order valence-electron chi connectivity index (χ0n) is 12.8. The Morgan fingerprint density at radius 1 is 0.792 bits per heavy atom. The average Bonchev–Trinajstić information content (AvgIpc) is 3.19. The van der Waals surface area contributed by atoms with Gasteiger partial charge in [0.15, 0.2) is 4.34 Å². The number of hydrogen-bond acceptors (Lipinski definition) is 3. The van der Waals surface area contributed by atoms with Crippen LogP contribution in [0.25, 0.3) is 32.0 Å². The molecule has 0 amide bonds. The SMILES string of the molecule is c1ccc2sc(SCn3c4ccccc4c4ccccc43)nc2c1. The highest BCUT2D eigenvalue weighted by Gasteiger charge is 2.11. The molecular weight excluding hydrogens is 332 g/mol. The van der Waals surface area contributed by atoms with Crippen molar-refractivity contribution in [1.82, 2.24) is 9.55 Å². The molecule has 2 heterocycles. The summed E-state index contributed by atoms with van der Waals surface area (Å²) in [4.78, 5) is 4.74. The Morgan fingerprint density at radius 3 is 2.12 bits per heavy atom. The first kappa shape index (κ1) is 14.1. The van der Waals surface area contributed by atoms with E-state index in [1.165, 1.54) is 26.5 Å². The van der Waals surface area contributed by atoms with Crippen LogP contribution in [0.1, 0.15) is 0 Å². The van der Waals surface area contributed by atoms with Crippen LogP contribution in [0.5, 0.6) is 0 Å². The smallest absolute Gasteiger partial charge is 0.152 e. The highest BCUT2D eigenvalue weighted by atomic mass is 32.2. The van der Waals surface area contributed by atoms with Crippen LogP contribution in [0.3, 0.4) is 0 Å². The lowest BCUT2D eigenvalue weighted by atomic mass is 10.2. The molecule has 0 radical (unpaired) electrons. The number of nitrogens with zero attached hydrogens (tertiary/aromatic N) is 2. The van der Waals surface area contributed by atoms with Crippen LogP contribution in [0.15, 0.2) is 77.1 Å². The van der Waals surface area contributed by atoms with Gasteiger partial charge >= 0.3 is 0 Å². The third-order valence-corrected chi connectivity index (χ3v) is 6.43. The van der Waals surface area contributed by atoms with Crippen molar-refractivity contribution in [3.63, 3.8) is 0 Å². The molecule has 0 spiro atoms. The van der Waals surface area contributed by atoms with Crippen LogP contribution in [0, 0.1) is 0 Å². The fraction of sp³-hybridized carbons (Fsp3) is 0.0500. The lowest BCUT2D eigenvalue weighted by Crippen LogP contribution is -1.93. The van der Waals surface area contributed by atoms with Crippen LogP contribution in [0.2, 0.25) is 0 Å². The summed E-state index contributed by atoms with van der Waals surface area (Å²) in [5, 5.41) is 2.64. The van der Waals surface area contributed by atoms with Gasteiger partial charge in [0.25, 0.3) is 0 Å². The van der Waals surface area contributed by atoms with Crippen molar-refractivity contribution in [2.45, 2.75) is 10.2 Å². The van der Waals surface area contributed by atoms with E-state index in [-0.39, 0.29) is 0 Å². The molecule has 24 heavy (non-hydrogen) atoms. The molecule has 0 bridgehead atoms. The van der Waals surface area contributed by atoms with Crippen LogP contribution in [0.4, 0.5) is 0 Å². The largest absolute Gasteiger partial charge is 0.330 e. The quantitative estimate of drug-likeness (QED) is 0.364. The number of benzene rings is 3. The molecule has 0 fully saturated rings. The first-order chi connectivity index (χ1) is 11.9. The Morgan fingerprint density at radius 2 is 1.42 bits per heavy atom. The maximum Gasteiger partial charge on any atom is 0.152 e. The number of hydrogen-bond donors (Lipinski definition) is 0. The minimum atomic E-state index is 0.869. The molecule has 0 saturated heterocycles. The summed E-state index contributed by atoms with van der Waals surface area (Å²) in [6, 6.07) is 25.6. The molecule has 0 unspecified atom stereocenters. The standard InChI is InChI=1S/C20H14N2S2/c1-4-10-17-14(7-1)15-8-2-5-11-18(15)22(17)13-23-20-21-16-9-3-6-12-19(16)24-20/h1-12H,13H2. The zero-order chi connectivity index (χ0) is 15.9. The Kier molecular flexibility index (Phi) is 3.32. The van der Waals surface area contributed by atoms with Crippen molar-refractivity contribution in [3.8, 4) is 0 Å². The predicted molar refractivity (Wildman–Crippen MR) is 105 cm³/mol. The van der Waals surface area contributed by atoms with Gasteiger partial charge in [0.2, 0.25) is 0 Å². The molecule has 3 aromatic carbocycles. The summed E-state index contributed by atoms with van der Waals surface area (Å²) in [5.41, 5.74) is 3.66. The molecule has 0 N–H and O–H groups in total. The molecule has 0 atom stereocenters. The van der Waals surface area contributed by atoms with Gasteiger partial charge in [-0.15, -0.1) is 11.3 Å². The summed E-state index contributed by atoms with van der Waals surface area (Å²) in [6.45, 7) is 0. The third kappa shape index (κ3) is 2.22. The lowest BCUT2D eigenvalue weighted by molar-refractivity contribution is 0.982. The van der Waals surface area contributed by atoms with E-state index in [0.717, 1.165) is 15.7 Å². The molecule has 0 saturated carbocycles. The zero-order valence-corrected chi connectivity index (χ0v) is 14.5. The van der Waals surface area contributed by atoms with Gasteiger partial charge < -0.3 is 4.57 Å². The minimum Gasteiger partial charge on any atom is -0.330 e. The number of fused-ring (bicyclic) bond motifs is 4. The van der Waals surface area contributed by atoms with Gasteiger partial charge in [-0.3, -0.25) is 0 Å². The molecule has 2 nitrogen and oxygen atoms in total. The summed E-state index contributed by atoms with van der Waals surface area (Å²) in [7, 11) is 0. The first-order valence-corrected chi connectivity index (χ1v) is 9.65. The summed E-state index contributed by atoms with van der Waals surface area (Å²) in [5.74, 6) is 0.869. The van der Waals surface area contributed by atoms with Gasteiger partial charge in [0, 0.05) is 21.8 Å². The topological polar surface area (TPSA) is 17.8 Å². The summed E-state index contributed by atoms with van der Waals surface area (Å²) < 4.78 is 4.77. The first-order valence-electron chi connectivity index (χ1n) is 7.84. The second-order valence-electron chi connectivity index (χ2n) is 5.68.